The van der Waals surface area contributed by atoms with Crippen LogP contribution in [0.5, 0.6) is 0 Å². The van der Waals surface area contributed by atoms with Gasteiger partial charge >= 0.3 is 0 Å². The third kappa shape index (κ3) is 2.94. The molecule has 0 unspecified atom stereocenters. The lowest BCUT2D eigenvalue weighted by Crippen LogP contribution is -1.87. The highest BCUT2D eigenvalue weighted by atomic mass is 16.6. The van der Waals surface area contributed by atoms with E-state index in [1.807, 2.05) is 12.1 Å². The van der Waals surface area contributed by atoms with Gasteiger partial charge in [0.25, 0.3) is 5.69 Å². The molecule has 0 aliphatic rings. The number of aromatic amines is 1. The fourth-order valence-electron chi connectivity index (χ4n) is 1.20. The molecule has 0 saturated carbocycles. The summed E-state index contributed by atoms with van der Waals surface area (Å²) in [5.74, 6) is 0.349. The van der Waals surface area contributed by atoms with E-state index in [0.717, 1.165) is 11.9 Å². The molecule has 2 rings (SSSR count). The van der Waals surface area contributed by atoms with Crippen molar-refractivity contribution >= 4 is 11.5 Å². The van der Waals surface area contributed by atoms with Crippen molar-refractivity contribution in [2.75, 3.05) is 0 Å². The first-order valence-corrected chi connectivity index (χ1v) is 4.86. The Balaban J connectivity index is 1.99. The van der Waals surface area contributed by atoms with Crippen molar-refractivity contribution in [1.29, 1.82) is 0 Å². The van der Waals surface area contributed by atoms with Gasteiger partial charge in [0.05, 0.1) is 4.92 Å². The Morgan fingerprint density at radius 2 is 2.29 bits per heavy atom. The van der Waals surface area contributed by atoms with Crippen LogP contribution in [0, 0.1) is 10.1 Å². The van der Waals surface area contributed by atoms with Crippen LogP contribution in [0.2, 0.25) is 0 Å². The van der Waals surface area contributed by atoms with Gasteiger partial charge in [-0.05, 0) is 18.2 Å². The van der Waals surface area contributed by atoms with Crippen LogP contribution in [0.1, 0.15) is 5.69 Å². The Bertz CT molecular complexity index is 518. The highest BCUT2D eigenvalue weighted by Gasteiger charge is 2.04. The summed E-state index contributed by atoms with van der Waals surface area (Å²) >= 11 is 0. The quantitative estimate of drug-likeness (QED) is 0.497. The Hall–Kier alpha value is -2.57. The standard InChI is InChI=1S/C10H9N5O2/c16-15(17)9-3-4-10(12-7-9)14-13-6-8-2-1-5-11-8/h1-5,7,11H,6H2. The molecule has 2 aromatic heterocycles. The highest BCUT2D eigenvalue weighted by molar-refractivity contribution is 5.35. The van der Waals surface area contributed by atoms with E-state index in [4.69, 9.17) is 0 Å². The number of nitrogens with one attached hydrogen (secondary N) is 1. The fraction of sp³-hybridized carbons (Fsp3) is 0.100. The number of nitrogens with zero attached hydrogens (tertiary/aromatic N) is 4. The van der Waals surface area contributed by atoms with E-state index in [-0.39, 0.29) is 5.69 Å². The number of azo groups is 1. The topological polar surface area (TPSA) is 96.5 Å². The van der Waals surface area contributed by atoms with E-state index in [1.54, 1.807) is 6.20 Å². The average molecular weight is 231 g/mol. The van der Waals surface area contributed by atoms with Crippen LogP contribution < -0.4 is 0 Å². The lowest BCUT2D eigenvalue weighted by atomic mass is 10.4. The van der Waals surface area contributed by atoms with Crippen LogP contribution in [0.4, 0.5) is 11.5 Å². The summed E-state index contributed by atoms with van der Waals surface area (Å²) in [6.45, 7) is 0.422. The van der Waals surface area contributed by atoms with Crippen molar-refractivity contribution in [2.45, 2.75) is 6.54 Å². The molecule has 0 aliphatic heterocycles. The van der Waals surface area contributed by atoms with E-state index < -0.39 is 4.92 Å². The SMILES string of the molecule is O=[N+]([O-])c1ccc(N=NCc2ccc[nH]2)nc1. The van der Waals surface area contributed by atoms with Gasteiger partial charge in [0.1, 0.15) is 12.7 Å². The van der Waals surface area contributed by atoms with E-state index >= 15 is 0 Å². The molecule has 2 heterocycles. The maximum atomic E-state index is 10.4. The first-order valence-electron chi connectivity index (χ1n) is 4.86. The van der Waals surface area contributed by atoms with Gasteiger partial charge in [-0.25, -0.2) is 4.98 Å². The van der Waals surface area contributed by atoms with Crippen molar-refractivity contribution < 1.29 is 4.92 Å². The van der Waals surface area contributed by atoms with Gasteiger partial charge in [0.2, 0.25) is 0 Å². The fourth-order valence-corrected chi connectivity index (χ4v) is 1.20. The Morgan fingerprint density at radius 3 is 2.88 bits per heavy atom. The zero-order valence-corrected chi connectivity index (χ0v) is 8.78. The zero-order chi connectivity index (χ0) is 12.1. The second-order valence-corrected chi connectivity index (χ2v) is 3.23. The van der Waals surface area contributed by atoms with Crippen molar-refractivity contribution in [3.8, 4) is 0 Å². The summed E-state index contributed by atoms with van der Waals surface area (Å²) < 4.78 is 0. The molecule has 2 aromatic rings. The van der Waals surface area contributed by atoms with E-state index in [0.29, 0.717) is 12.4 Å². The van der Waals surface area contributed by atoms with Gasteiger partial charge in [-0.2, -0.15) is 5.11 Å². The maximum absolute atomic E-state index is 10.4. The molecular weight excluding hydrogens is 222 g/mol. The predicted molar refractivity (Wildman–Crippen MR) is 59.9 cm³/mol. The van der Waals surface area contributed by atoms with Gasteiger partial charge in [-0.15, -0.1) is 5.11 Å². The third-order valence-electron chi connectivity index (χ3n) is 2.02. The maximum Gasteiger partial charge on any atom is 0.287 e. The largest absolute Gasteiger partial charge is 0.363 e. The summed E-state index contributed by atoms with van der Waals surface area (Å²) in [4.78, 5) is 16.7. The average Bonchev–Trinajstić information content (AvgIpc) is 2.83. The van der Waals surface area contributed by atoms with Crippen molar-refractivity contribution in [2.24, 2.45) is 10.2 Å². The minimum absolute atomic E-state index is 0.0617. The van der Waals surface area contributed by atoms with Gasteiger partial charge in [0, 0.05) is 18.0 Å². The first-order chi connectivity index (χ1) is 8.25. The lowest BCUT2D eigenvalue weighted by molar-refractivity contribution is -0.385. The number of pyridine rings is 1. The van der Waals surface area contributed by atoms with Crippen LogP contribution in [0.3, 0.4) is 0 Å². The van der Waals surface area contributed by atoms with Crippen molar-refractivity contribution in [3.05, 3.63) is 52.5 Å². The molecule has 86 valence electrons. The molecule has 0 aromatic carbocycles. The molecule has 0 saturated heterocycles. The van der Waals surface area contributed by atoms with Crippen LogP contribution in [-0.4, -0.2) is 14.9 Å². The van der Waals surface area contributed by atoms with Gasteiger partial charge in [-0.3, -0.25) is 10.1 Å². The molecule has 0 spiro atoms. The van der Waals surface area contributed by atoms with Crippen molar-refractivity contribution in [3.63, 3.8) is 0 Å². The highest BCUT2D eigenvalue weighted by Crippen LogP contribution is 2.14. The molecule has 7 heteroatoms. The van der Waals surface area contributed by atoms with E-state index in [1.165, 1.54) is 12.1 Å². The molecule has 17 heavy (non-hydrogen) atoms. The molecule has 0 fully saturated rings. The van der Waals surface area contributed by atoms with Gasteiger partial charge < -0.3 is 4.98 Å². The van der Waals surface area contributed by atoms with Gasteiger partial charge in [-0.1, -0.05) is 0 Å². The molecule has 0 bridgehead atoms. The Morgan fingerprint density at radius 1 is 1.41 bits per heavy atom. The molecule has 0 amide bonds. The minimum atomic E-state index is -0.507. The van der Waals surface area contributed by atoms with Crippen LogP contribution in [0.25, 0.3) is 0 Å². The van der Waals surface area contributed by atoms with Crippen LogP contribution in [-0.2, 0) is 6.54 Å². The van der Waals surface area contributed by atoms with E-state index in [2.05, 4.69) is 20.2 Å². The zero-order valence-electron chi connectivity index (χ0n) is 8.78. The van der Waals surface area contributed by atoms with Crippen LogP contribution in [0.15, 0.2) is 46.9 Å². The monoisotopic (exact) mass is 231 g/mol. The third-order valence-corrected chi connectivity index (χ3v) is 2.02. The number of H-pyrrole nitrogens is 1. The number of nitro groups is 1. The summed E-state index contributed by atoms with van der Waals surface area (Å²) in [5, 5.41) is 18.2. The molecule has 0 aliphatic carbocycles. The Kier molecular flexibility index (Phi) is 3.20. The number of aromatic nitrogens is 2. The molecule has 1 N–H and O–H groups in total. The predicted octanol–water partition coefficient (Wildman–Crippen LogP) is 2.60. The smallest absolute Gasteiger partial charge is 0.287 e. The van der Waals surface area contributed by atoms with Crippen molar-refractivity contribution in [1.82, 2.24) is 9.97 Å². The number of hydrogen-bond acceptors (Lipinski definition) is 5. The summed E-state index contributed by atoms with van der Waals surface area (Å²) in [6.07, 6.45) is 2.96. The summed E-state index contributed by atoms with van der Waals surface area (Å²) in [5.41, 5.74) is 0.879. The lowest BCUT2D eigenvalue weighted by Gasteiger charge is -1.92. The number of rotatable bonds is 4. The number of hydrogen-bond donors (Lipinski definition) is 1. The Labute approximate surface area is 96.4 Å². The summed E-state index contributed by atoms with van der Waals surface area (Å²) in [7, 11) is 0. The second kappa shape index (κ2) is 4.97. The molecule has 0 atom stereocenters. The molecule has 0 radical (unpaired) electrons. The van der Waals surface area contributed by atoms with Gasteiger partial charge in [0.15, 0.2) is 5.82 Å². The van der Waals surface area contributed by atoms with E-state index in [9.17, 15) is 10.1 Å². The second-order valence-electron chi connectivity index (χ2n) is 3.23. The normalized spacial score (nSPS) is 10.8. The molecular formula is C10H9N5O2. The van der Waals surface area contributed by atoms with Crippen LogP contribution >= 0.6 is 0 Å². The first kappa shape index (κ1) is 10.9. The summed E-state index contributed by atoms with van der Waals surface area (Å²) in [6, 6.07) is 6.56. The molecule has 7 nitrogen and oxygen atoms in total. The minimum Gasteiger partial charge on any atom is -0.363 e.